The van der Waals surface area contributed by atoms with Gasteiger partial charge >= 0.3 is 0 Å². The lowest BCUT2D eigenvalue weighted by Gasteiger charge is -2.40. The van der Waals surface area contributed by atoms with E-state index < -0.39 is 5.60 Å². The molecular weight excluding hydrogens is 679 g/mol. The van der Waals surface area contributed by atoms with Gasteiger partial charge in [0, 0.05) is 46.3 Å². The van der Waals surface area contributed by atoms with Crippen molar-refractivity contribution in [3.8, 4) is 39.5 Å². The number of morpholine rings is 1. The molecule has 3 aliphatic rings. The van der Waals surface area contributed by atoms with Gasteiger partial charge in [-0.25, -0.2) is 0 Å². The van der Waals surface area contributed by atoms with E-state index in [2.05, 4.69) is 134 Å². The van der Waals surface area contributed by atoms with Gasteiger partial charge in [-0.1, -0.05) is 99.5 Å². The molecule has 2 heterocycles. The SMILES string of the molecule is CCCC1(CCC)c2cc(-c3ccccc3)ccc2-c2c1c1c(c3ccc(OC)cc23)OC(c2ccc(OC)cc2)(c2ccc(N3CCOCC3)cc2)C=C1. The summed E-state index contributed by atoms with van der Waals surface area (Å²) in [6, 6.07) is 41.7. The average molecular weight is 728 g/mol. The quantitative estimate of drug-likeness (QED) is 0.140. The molecule has 0 N–H and O–H groups in total. The molecule has 6 aromatic carbocycles. The third-order valence-electron chi connectivity index (χ3n) is 12.2. The molecule has 5 nitrogen and oxygen atoms in total. The molecule has 0 amide bonds. The van der Waals surface area contributed by atoms with Gasteiger partial charge in [0.1, 0.15) is 17.2 Å². The second kappa shape index (κ2) is 14.3. The zero-order valence-electron chi connectivity index (χ0n) is 32.4. The highest BCUT2D eigenvalue weighted by Gasteiger charge is 2.48. The summed E-state index contributed by atoms with van der Waals surface area (Å²) >= 11 is 0. The normalized spacial score (nSPS) is 18.0. The Bertz CT molecular complexity index is 2370. The molecule has 0 saturated carbocycles. The number of methoxy groups -OCH3 is 2. The first-order valence-electron chi connectivity index (χ1n) is 19.9. The summed E-state index contributed by atoms with van der Waals surface area (Å²) in [5.41, 5.74) is 11.4. The number of rotatable bonds is 10. The standard InChI is InChI=1S/C50H49NO4/c1-5-25-49(26-6-2)45-32-35(34-10-8-7-9-11-34)12-22-42(45)46-44-33-40(53-4)21-23-41(44)48-43(47(46)49)24-27-50(55-48,37-15-19-39(52-3)20-16-37)36-13-17-38(18-14-36)51-28-30-54-31-29-51/h7-24,27,32-33H,5-6,25-26,28-31H2,1-4H3. The van der Waals surface area contributed by atoms with Crippen molar-refractivity contribution in [1.82, 2.24) is 0 Å². The predicted octanol–water partition coefficient (Wildman–Crippen LogP) is 11.6. The van der Waals surface area contributed by atoms with E-state index in [1.165, 1.54) is 44.6 Å². The van der Waals surface area contributed by atoms with E-state index in [-0.39, 0.29) is 5.41 Å². The van der Waals surface area contributed by atoms with Gasteiger partial charge in [-0.05, 0) is 106 Å². The number of hydrogen-bond donors (Lipinski definition) is 0. The lowest BCUT2D eigenvalue weighted by molar-refractivity contribution is 0.122. The molecule has 0 bridgehead atoms. The summed E-state index contributed by atoms with van der Waals surface area (Å²) in [6.45, 7) is 7.93. The molecule has 5 heteroatoms. The number of ether oxygens (including phenoxy) is 4. The Morgan fingerprint density at radius 3 is 2.02 bits per heavy atom. The first kappa shape index (κ1) is 35.2. The fraction of sp³-hybridized carbons (Fsp3) is 0.280. The van der Waals surface area contributed by atoms with E-state index in [1.54, 1.807) is 14.2 Å². The molecule has 1 saturated heterocycles. The van der Waals surface area contributed by atoms with Crippen LogP contribution in [0.1, 0.15) is 67.3 Å². The molecule has 55 heavy (non-hydrogen) atoms. The Labute approximate surface area is 325 Å². The minimum Gasteiger partial charge on any atom is -0.497 e. The Hall–Kier alpha value is -5.52. The van der Waals surface area contributed by atoms with Gasteiger partial charge in [-0.3, -0.25) is 0 Å². The van der Waals surface area contributed by atoms with Crippen LogP contribution in [0.2, 0.25) is 0 Å². The Kier molecular flexibility index (Phi) is 9.14. The van der Waals surface area contributed by atoms with Crippen LogP contribution in [0.25, 0.3) is 39.1 Å². The highest BCUT2D eigenvalue weighted by molar-refractivity contribution is 6.09. The molecule has 1 atom stereocenters. The van der Waals surface area contributed by atoms with E-state index in [1.807, 2.05) is 12.1 Å². The number of nitrogens with zero attached hydrogens (tertiary/aromatic N) is 1. The topological polar surface area (TPSA) is 40.2 Å². The third kappa shape index (κ3) is 5.71. The van der Waals surface area contributed by atoms with E-state index in [0.717, 1.165) is 91.1 Å². The van der Waals surface area contributed by atoms with Crippen LogP contribution in [-0.4, -0.2) is 40.5 Å². The molecule has 1 unspecified atom stereocenters. The molecule has 2 aliphatic heterocycles. The molecule has 9 rings (SSSR count). The zero-order valence-corrected chi connectivity index (χ0v) is 32.4. The van der Waals surface area contributed by atoms with Crippen molar-refractivity contribution < 1.29 is 18.9 Å². The molecular formula is C50H49NO4. The minimum atomic E-state index is -0.881. The van der Waals surface area contributed by atoms with Crippen LogP contribution >= 0.6 is 0 Å². The van der Waals surface area contributed by atoms with Gasteiger partial charge in [-0.15, -0.1) is 0 Å². The smallest absolute Gasteiger partial charge is 0.178 e. The van der Waals surface area contributed by atoms with E-state index in [9.17, 15) is 0 Å². The number of anilines is 1. The van der Waals surface area contributed by atoms with Crippen molar-refractivity contribution in [3.05, 3.63) is 149 Å². The van der Waals surface area contributed by atoms with Crippen molar-refractivity contribution in [3.63, 3.8) is 0 Å². The third-order valence-corrected chi connectivity index (χ3v) is 12.2. The summed E-state index contributed by atoms with van der Waals surface area (Å²) in [6.07, 6.45) is 8.90. The summed E-state index contributed by atoms with van der Waals surface area (Å²) in [4.78, 5) is 2.40. The van der Waals surface area contributed by atoms with E-state index >= 15 is 0 Å². The Morgan fingerprint density at radius 1 is 0.673 bits per heavy atom. The van der Waals surface area contributed by atoms with Gasteiger partial charge in [0.15, 0.2) is 5.60 Å². The van der Waals surface area contributed by atoms with Crippen molar-refractivity contribution >= 4 is 22.5 Å². The predicted molar refractivity (Wildman–Crippen MR) is 225 cm³/mol. The van der Waals surface area contributed by atoms with Crippen molar-refractivity contribution in [2.24, 2.45) is 0 Å². The van der Waals surface area contributed by atoms with Gasteiger partial charge in [0.25, 0.3) is 0 Å². The summed E-state index contributed by atoms with van der Waals surface area (Å²) in [7, 11) is 3.47. The van der Waals surface area contributed by atoms with Crippen LogP contribution < -0.4 is 19.1 Å². The largest absolute Gasteiger partial charge is 0.497 e. The average Bonchev–Trinajstić information content (AvgIpc) is 3.53. The second-order valence-electron chi connectivity index (χ2n) is 15.2. The van der Waals surface area contributed by atoms with Crippen LogP contribution in [-0.2, 0) is 15.8 Å². The highest BCUT2D eigenvalue weighted by Crippen LogP contribution is 2.61. The first-order valence-corrected chi connectivity index (χ1v) is 19.9. The molecule has 0 aromatic heterocycles. The summed E-state index contributed by atoms with van der Waals surface area (Å²) in [5.74, 6) is 2.57. The summed E-state index contributed by atoms with van der Waals surface area (Å²) in [5, 5.41) is 2.25. The van der Waals surface area contributed by atoms with Crippen LogP contribution in [0.3, 0.4) is 0 Å². The molecule has 6 aromatic rings. The maximum Gasteiger partial charge on any atom is 0.178 e. The van der Waals surface area contributed by atoms with E-state index in [0.29, 0.717) is 0 Å². The Balaban J connectivity index is 1.30. The lowest BCUT2D eigenvalue weighted by Crippen LogP contribution is -2.37. The van der Waals surface area contributed by atoms with Crippen LogP contribution in [0, 0.1) is 0 Å². The molecule has 0 radical (unpaired) electrons. The van der Waals surface area contributed by atoms with E-state index in [4.69, 9.17) is 18.9 Å². The van der Waals surface area contributed by atoms with Crippen molar-refractivity contribution in [2.45, 2.75) is 50.5 Å². The van der Waals surface area contributed by atoms with Gasteiger partial charge < -0.3 is 23.8 Å². The number of benzene rings is 6. The van der Waals surface area contributed by atoms with Crippen molar-refractivity contribution in [2.75, 3.05) is 45.4 Å². The molecule has 1 fully saturated rings. The minimum absolute atomic E-state index is 0.187. The van der Waals surface area contributed by atoms with Gasteiger partial charge in [0.2, 0.25) is 0 Å². The van der Waals surface area contributed by atoms with Gasteiger partial charge in [-0.2, -0.15) is 0 Å². The molecule has 1 aliphatic carbocycles. The maximum atomic E-state index is 7.70. The zero-order chi connectivity index (χ0) is 37.6. The fourth-order valence-electron chi connectivity index (χ4n) is 9.68. The maximum absolute atomic E-state index is 7.70. The van der Waals surface area contributed by atoms with Crippen LogP contribution in [0.4, 0.5) is 5.69 Å². The number of fused-ring (bicyclic) bond motifs is 8. The van der Waals surface area contributed by atoms with Crippen molar-refractivity contribution in [1.29, 1.82) is 0 Å². The molecule has 0 spiro atoms. The summed E-state index contributed by atoms with van der Waals surface area (Å²) < 4.78 is 24.9. The highest BCUT2D eigenvalue weighted by atomic mass is 16.5. The number of hydrogen-bond acceptors (Lipinski definition) is 5. The van der Waals surface area contributed by atoms with Gasteiger partial charge in [0.05, 0.1) is 27.4 Å². The Morgan fingerprint density at radius 2 is 1.35 bits per heavy atom. The lowest BCUT2D eigenvalue weighted by atomic mass is 9.69. The fourth-order valence-corrected chi connectivity index (χ4v) is 9.68. The van der Waals surface area contributed by atoms with Crippen LogP contribution in [0.5, 0.6) is 17.2 Å². The monoisotopic (exact) mass is 727 g/mol. The van der Waals surface area contributed by atoms with Crippen LogP contribution in [0.15, 0.2) is 121 Å². The second-order valence-corrected chi connectivity index (χ2v) is 15.2. The first-order chi connectivity index (χ1) is 27.0. The molecule has 278 valence electrons.